The molecule has 9 heteroatoms. The summed E-state index contributed by atoms with van der Waals surface area (Å²) in [6.07, 6.45) is 1.44. The third-order valence-corrected chi connectivity index (χ3v) is 6.26. The second-order valence-corrected chi connectivity index (χ2v) is 8.85. The van der Waals surface area contributed by atoms with E-state index in [1.165, 1.54) is 19.2 Å². The number of hydrogen-bond acceptors (Lipinski definition) is 7. The van der Waals surface area contributed by atoms with Crippen molar-refractivity contribution in [1.82, 2.24) is 24.7 Å². The van der Waals surface area contributed by atoms with Gasteiger partial charge < -0.3 is 20.4 Å². The number of aromatic hydroxyl groups is 2. The number of imidazole rings is 1. The lowest BCUT2D eigenvalue weighted by molar-refractivity contribution is 0.0948. The number of hydrogen-bond donors (Lipinski definition) is 3. The van der Waals surface area contributed by atoms with Crippen LogP contribution >= 0.6 is 0 Å². The fourth-order valence-corrected chi connectivity index (χ4v) is 4.27. The predicted octanol–water partition coefficient (Wildman–Crippen LogP) is 2.65. The van der Waals surface area contributed by atoms with Crippen LogP contribution in [0.4, 0.5) is 0 Å². The fraction of sp³-hybridized carbons (Fsp3) is 0.346. The zero-order valence-corrected chi connectivity index (χ0v) is 20.3. The van der Waals surface area contributed by atoms with Gasteiger partial charge in [-0.3, -0.25) is 19.1 Å². The first-order valence-corrected chi connectivity index (χ1v) is 11.7. The van der Waals surface area contributed by atoms with Crippen LogP contribution in [0.1, 0.15) is 40.3 Å². The maximum Gasteiger partial charge on any atom is 0.269 e. The summed E-state index contributed by atoms with van der Waals surface area (Å²) < 4.78 is 1.65. The fourth-order valence-electron chi connectivity index (χ4n) is 4.27. The minimum atomic E-state index is -0.348. The summed E-state index contributed by atoms with van der Waals surface area (Å²) in [5.74, 6) is -0.919. The number of ketones is 1. The molecule has 2 aromatic carbocycles. The van der Waals surface area contributed by atoms with E-state index in [0.717, 1.165) is 44.4 Å². The Kier molecular flexibility index (Phi) is 7.18. The highest BCUT2D eigenvalue weighted by Crippen LogP contribution is 2.36. The zero-order chi connectivity index (χ0) is 25.1. The summed E-state index contributed by atoms with van der Waals surface area (Å²) in [5, 5.41) is 23.5. The molecule has 0 aliphatic carbocycles. The summed E-state index contributed by atoms with van der Waals surface area (Å²) in [5.41, 5.74) is 2.45. The Bertz CT molecular complexity index is 1230. The summed E-state index contributed by atoms with van der Waals surface area (Å²) in [6, 6.07) is 10.4. The molecule has 1 aliphatic heterocycles. The molecule has 9 nitrogen and oxygen atoms in total. The summed E-state index contributed by atoms with van der Waals surface area (Å²) in [6.45, 7) is 8.58. The smallest absolute Gasteiger partial charge is 0.269 e. The number of phenolic OH excluding ortho intramolecular Hbond substituents is 2. The molecule has 1 saturated heterocycles. The highest BCUT2D eigenvalue weighted by Gasteiger charge is 2.23. The normalized spacial score (nSPS) is 14.7. The number of Topliss-reactive ketones (excluding diaryl/α,β-unsaturated/α-hetero) is 1. The molecular formula is C26H31N5O4. The van der Waals surface area contributed by atoms with Crippen molar-refractivity contribution in [2.75, 3.05) is 39.8 Å². The second-order valence-electron chi connectivity index (χ2n) is 8.85. The molecule has 3 aromatic rings. The van der Waals surface area contributed by atoms with Gasteiger partial charge in [-0.25, -0.2) is 4.98 Å². The minimum Gasteiger partial charge on any atom is -0.507 e. The zero-order valence-electron chi connectivity index (χ0n) is 20.3. The Morgan fingerprint density at radius 1 is 1.03 bits per heavy atom. The molecular weight excluding hydrogens is 446 g/mol. The van der Waals surface area contributed by atoms with Crippen molar-refractivity contribution >= 4 is 11.7 Å². The number of carbonyl (C=O) groups excluding carboxylic acids is 2. The summed E-state index contributed by atoms with van der Waals surface area (Å²) in [7, 11) is 2.13. The van der Waals surface area contributed by atoms with E-state index in [1.54, 1.807) is 4.57 Å². The molecule has 0 saturated carbocycles. The standard InChI is InChI=1S/C26H31N5O4/c1-4-27-26(35)22-15-28-25(21-13-20(17(2)32)23(33)14-24(21)34)31(22)19-7-5-18(6-8-19)16-30-11-9-29(3)10-12-30/h5-8,13-15,33-34H,4,9-12,16H2,1-3H3,(H,27,35). The monoisotopic (exact) mass is 477 g/mol. The number of aromatic nitrogens is 2. The van der Waals surface area contributed by atoms with Crippen LogP contribution in [0.2, 0.25) is 0 Å². The number of benzene rings is 2. The minimum absolute atomic E-state index is 0.0643. The molecule has 0 spiro atoms. The van der Waals surface area contributed by atoms with Gasteiger partial charge in [0.05, 0.1) is 17.3 Å². The Balaban J connectivity index is 1.74. The highest BCUT2D eigenvalue weighted by molar-refractivity contribution is 5.99. The van der Waals surface area contributed by atoms with Crippen LogP contribution in [0.25, 0.3) is 17.1 Å². The van der Waals surface area contributed by atoms with Gasteiger partial charge in [-0.1, -0.05) is 12.1 Å². The van der Waals surface area contributed by atoms with E-state index in [-0.39, 0.29) is 40.1 Å². The van der Waals surface area contributed by atoms with Gasteiger partial charge in [0.15, 0.2) is 5.78 Å². The first-order valence-electron chi connectivity index (χ1n) is 11.7. The van der Waals surface area contributed by atoms with Gasteiger partial charge in [0.2, 0.25) is 0 Å². The molecule has 1 aromatic heterocycles. The third kappa shape index (κ3) is 5.21. The maximum absolute atomic E-state index is 12.8. The predicted molar refractivity (Wildman–Crippen MR) is 133 cm³/mol. The molecule has 0 atom stereocenters. The molecule has 0 radical (unpaired) electrons. The van der Waals surface area contributed by atoms with Crippen molar-refractivity contribution in [3.8, 4) is 28.6 Å². The number of phenols is 2. The maximum atomic E-state index is 12.8. The number of nitrogens with one attached hydrogen (secondary N) is 1. The van der Waals surface area contributed by atoms with Gasteiger partial charge >= 0.3 is 0 Å². The number of likely N-dealkylation sites (N-methyl/N-ethyl adjacent to an activating group) is 1. The Labute approximate surface area is 204 Å². The van der Waals surface area contributed by atoms with Crippen LogP contribution in [-0.2, 0) is 6.54 Å². The number of piperazine rings is 1. The van der Waals surface area contributed by atoms with Gasteiger partial charge in [-0.05, 0) is 44.7 Å². The van der Waals surface area contributed by atoms with Crippen molar-refractivity contribution in [3.63, 3.8) is 0 Å². The van der Waals surface area contributed by atoms with E-state index < -0.39 is 0 Å². The topological polar surface area (TPSA) is 111 Å². The summed E-state index contributed by atoms with van der Waals surface area (Å²) in [4.78, 5) is 34.0. The molecule has 2 heterocycles. The largest absolute Gasteiger partial charge is 0.507 e. The van der Waals surface area contributed by atoms with Gasteiger partial charge in [-0.2, -0.15) is 0 Å². The quantitative estimate of drug-likeness (QED) is 0.449. The van der Waals surface area contributed by atoms with Crippen LogP contribution in [0, 0.1) is 0 Å². The SMILES string of the molecule is CCNC(=O)c1cnc(-c2cc(C(C)=O)c(O)cc2O)n1-c1ccc(CN2CCN(C)CC2)cc1. The van der Waals surface area contributed by atoms with E-state index in [4.69, 9.17) is 0 Å². The van der Waals surface area contributed by atoms with E-state index in [9.17, 15) is 19.8 Å². The Morgan fingerprint density at radius 3 is 2.34 bits per heavy atom. The van der Waals surface area contributed by atoms with E-state index >= 15 is 0 Å². The van der Waals surface area contributed by atoms with Crippen molar-refractivity contribution in [2.24, 2.45) is 0 Å². The van der Waals surface area contributed by atoms with Crippen molar-refractivity contribution < 1.29 is 19.8 Å². The Morgan fingerprint density at radius 2 is 1.71 bits per heavy atom. The van der Waals surface area contributed by atoms with E-state index in [0.29, 0.717) is 17.9 Å². The average molecular weight is 478 g/mol. The molecule has 1 amide bonds. The molecule has 1 aliphatic rings. The molecule has 0 unspecified atom stereocenters. The lowest BCUT2D eigenvalue weighted by Gasteiger charge is -2.32. The van der Waals surface area contributed by atoms with Crippen molar-refractivity contribution in [1.29, 1.82) is 0 Å². The van der Waals surface area contributed by atoms with Crippen LogP contribution in [-0.4, -0.2) is 81.0 Å². The van der Waals surface area contributed by atoms with Crippen LogP contribution in [0.3, 0.4) is 0 Å². The molecule has 0 bridgehead atoms. The molecule has 3 N–H and O–H groups in total. The van der Waals surface area contributed by atoms with E-state index in [1.807, 2.05) is 31.2 Å². The first-order chi connectivity index (χ1) is 16.8. The molecule has 4 rings (SSSR count). The molecule has 35 heavy (non-hydrogen) atoms. The van der Waals surface area contributed by atoms with Crippen LogP contribution in [0.15, 0.2) is 42.6 Å². The van der Waals surface area contributed by atoms with Crippen LogP contribution in [0.5, 0.6) is 11.5 Å². The number of amides is 1. The second kappa shape index (κ2) is 10.3. The average Bonchev–Trinajstić information content (AvgIpc) is 3.26. The van der Waals surface area contributed by atoms with Crippen molar-refractivity contribution in [2.45, 2.75) is 20.4 Å². The molecule has 1 fully saturated rings. The highest BCUT2D eigenvalue weighted by atomic mass is 16.3. The summed E-state index contributed by atoms with van der Waals surface area (Å²) >= 11 is 0. The van der Waals surface area contributed by atoms with E-state index in [2.05, 4.69) is 27.1 Å². The van der Waals surface area contributed by atoms with Crippen molar-refractivity contribution in [3.05, 3.63) is 59.4 Å². The number of nitrogens with zero attached hydrogens (tertiary/aromatic N) is 4. The third-order valence-electron chi connectivity index (χ3n) is 6.26. The first kappa shape index (κ1) is 24.4. The van der Waals surface area contributed by atoms with Gasteiger partial charge in [0, 0.05) is 51.0 Å². The van der Waals surface area contributed by atoms with Gasteiger partial charge in [-0.15, -0.1) is 0 Å². The lowest BCUT2D eigenvalue weighted by atomic mass is 10.0. The lowest BCUT2D eigenvalue weighted by Crippen LogP contribution is -2.43. The number of rotatable bonds is 7. The number of carbonyl (C=O) groups is 2. The van der Waals surface area contributed by atoms with Gasteiger partial charge in [0.1, 0.15) is 23.0 Å². The Hall–Kier alpha value is -3.69. The van der Waals surface area contributed by atoms with Gasteiger partial charge in [0.25, 0.3) is 5.91 Å². The molecule has 184 valence electrons. The van der Waals surface area contributed by atoms with Crippen LogP contribution < -0.4 is 5.32 Å².